The fraction of sp³-hybridized carbons (Fsp3) is 0.571. The van der Waals surface area contributed by atoms with Crippen molar-refractivity contribution in [2.24, 2.45) is 5.92 Å². The Morgan fingerprint density at radius 3 is 2.59 bits per heavy atom. The van der Waals surface area contributed by atoms with Gasteiger partial charge in [-0.1, -0.05) is 48.8 Å². The molecule has 0 aliphatic heterocycles. The van der Waals surface area contributed by atoms with Crippen molar-refractivity contribution in [3.63, 3.8) is 0 Å². The third-order valence-electron chi connectivity index (χ3n) is 3.05. The van der Waals surface area contributed by atoms with Crippen molar-refractivity contribution in [2.45, 2.75) is 39.3 Å². The molecule has 2 nitrogen and oxygen atoms in total. The first kappa shape index (κ1) is 14.7. The van der Waals surface area contributed by atoms with Gasteiger partial charge < -0.3 is 10.4 Å². The van der Waals surface area contributed by atoms with Gasteiger partial charge in [-0.25, -0.2) is 0 Å². The SMILES string of the molecule is CCC(NCC(O)c1cccc(Br)c1)C(C)C. The molecule has 2 atom stereocenters. The van der Waals surface area contributed by atoms with Crippen molar-refractivity contribution in [1.29, 1.82) is 0 Å². The van der Waals surface area contributed by atoms with Crippen LogP contribution in [0.2, 0.25) is 0 Å². The number of aliphatic hydroxyl groups excluding tert-OH is 1. The molecule has 0 aromatic heterocycles. The Balaban J connectivity index is 2.52. The molecule has 96 valence electrons. The summed E-state index contributed by atoms with van der Waals surface area (Å²) in [4.78, 5) is 0. The van der Waals surface area contributed by atoms with E-state index in [1.807, 2.05) is 24.3 Å². The summed E-state index contributed by atoms with van der Waals surface area (Å²) in [5.41, 5.74) is 0.950. The summed E-state index contributed by atoms with van der Waals surface area (Å²) in [5.74, 6) is 0.592. The van der Waals surface area contributed by atoms with E-state index < -0.39 is 6.10 Å². The molecular weight excluding hydrogens is 278 g/mol. The highest BCUT2D eigenvalue weighted by atomic mass is 79.9. The fourth-order valence-corrected chi connectivity index (χ4v) is 2.36. The number of halogens is 1. The highest BCUT2D eigenvalue weighted by molar-refractivity contribution is 9.10. The second kappa shape index (κ2) is 7.14. The van der Waals surface area contributed by atoms with E-state index in [9.17, 15) is 5.11 Å². The van der Waals surface area contributed by atoms with Crippen molar-refractivity contribution >= 4 is 15.9 Å². The summed E-state index contributed by atoms with van der Waals surface area (Å²) in [6, 6.07) is 8.29. The van der Waals surface area contributed by atoms with Crippen molar-refractivity contribution < 1.29 is 5.11 Å². The van der Waals surface area contributed by atoms with Gasteiger partial charge in [0.15, 0.2) is 0 Å². The van der Waals surface area contributed by atoms with Gasteiger partial charge in [0.1, 0.15) is 0 Å². The molecule has 0 saturated carbocycles. The highest BCUT2D eigenvalue weighted by Crippen LogP contribution is 2.18. The lowest BCUT2D eigenvalue weighted by Crippen LogP contribution is -2.36. The van der Waals surface area contributed by atoms with Crippen LogP contribution in [0, 0.1) is 5.92 Å². The summed E-state index contributed by atoms with van der Waals surface area (Å²) in [6.07, 6.45) is 0.642. The second-order valence-electron chi connectivity index (χ2n) is 4.74. The lowest BCUT2D eigenvalue weighted by atomic mass is 10.0. The van der Waals surface area contributed by atoms with Crippen LogP contribution in [-0.4, -0.2) is 17.7 Å². The number of nitrogens with one attached hydrogen (secondary N) is 1. The second-order valence-corrected chi connectivity index (χ2v) is 5.65. The molecule has 2 unspecified atom stereocenters. The van der Waals surface area contributed by atoms with Gasteiger partial charge >= 0.3 is 0 Å². The predicted octanol–water partition coefficient (Wildman–Crippen LogP) is 3.51. The van der Waals surface area contributed by atoms with Crippen molar-refractivity contribution in [2.75, 3.05) is 6.54 Å². The van der Waals surface area contributed by atoms with Crippen LogP contribution in [0.4, 0.5) is 0 Å². The van der Waals surface area contributed by atoms with Gasteiger partial charge in [0.05, 0.1) is 6.10 Å². The smallest absolute Gasteiger partial charge is 0.0914 e. The zero-order chi connectivity index (χ0) is 12.8. The first-order valence-electron chi connectivity index (χ1n) is 6.21. The first-order chi connectivity index (χ1) is 8.04. The lowest BCUT2D eigenvalue weighted by molar-refractivity contribution is 0.165. The monoisotopic (exact) mass is 299 g/mol. The van der Waals surface area contributed by atoms with E-state index in [2.05, 4.69) is 42.0 Å². The zero-order valence-electron chi connectivity index (χ0n) is 10.8. The van der Waals surface area contributed by atoms with E-state index in [1.165, 1.54) is 0 Å². The Morgan fingerprint density at radius 2 is 2.06 bits per heavy atom. The molecule has 2 N–H and O–H groups in total. The van der Waals surface area contributed by atoms with Crippen LogP contribution >= 0.6 is 15.9 Å². The maximum absolute atomic E-state index is 10.1. The molecule has 0 aliphatic rings. The van der Waals surface area contributed by atoms with Gasteiger partial charge in [0.25, 0.3) is 0 Å². The van der Waals surface area contributed by atoms with E-state index in [-0.39, 0.29) is 0 Å². The van der Waals surface area contributed by atoms with E-state index in [0.29, 0.717) is 18.5 Å². The molecule has 0 bridgehead atoms. The molecule has 3 heteroatoms. The average Bonchev–Trinajstić information content (AvgIpc) is 2.29. The van der Waals surface area contributed by atoms with Gasteiger partial charge in [0.2, 0.25) is 0 Å². The molecule has 17 heavy (non-hydrogen) atoms. The molecule has 0 aliphatic carbocycles. The van der Waals surface area contributed by atoms with E-state index in [4.69, 9.17) is 0 Å². The van der Waals surface area contributed by atoms with Crippen LogP contribution in [0.25, 0.3) is 0 Å². The molecule has 0 saturated heterocycles. The van der Waals surface area contributed by atoms with Crippen molar-refractivity contribution in [3.8, 4) is 0 Å². The summed E-state index contributed by atoms with van der Waals surface area (Å²) < 4.78 is 1.00. The van der Waals surface area contributed by atoms with Crippen LogP contribution in [0.15, 0.2) is 28.7 Å². The zero-order valence-corrected chi connectivity index (χ0v) is 12.4. The van der Waals surface area contributed by atoms with Crippen LogP contribution in [0.3, 0.4) is 0 Å². The largest absolute Gasteiger partial charge is 0.387 e. The fourth-order valence-electron chi connectivity index (χ4n) is 1.95. The van der Waals surface area contributed by atoms with Gasteiger partial charge in [-0.05, 0) is 30.0 Å². The normalized spacial score (nSPS) is 14.9. The van der Waals surface area contributed by atoms with Gasteiger partial charge in [0, 0.05) is 17.1 Å². The first-order valence-corrected chi connectivity index (χ1v) is 7.00. The van der Waals surface area contributed by atoms with Crippen molar-refractivity contribution in [3.05, 3.63) is 34.3 Å². The minimum Gasteiger partial charge on any atom is -0.387 e. The number of hydrogen-bond donors (Lipinski definition) is 2. The molecule has 1 aromatic carbocycles. The molecule has 0 radical (unpaired) electrons. The third-order valence-corrected chi connectivity index (χ3v) is 3.54. The summed E-state index contributed by atoms with van der Waals surface area (Å²) >= 11 is 3.42. The number of benzene rings is 1. The minimum atomic E-state index is -0.444. The molecule has 1 rings (SSSR count). The Labute approximate surface area is 113 Å². The highest BCUT2D eigenvalue weighted by Gasteiger charge is 2.13. The lowest BCUT2D eigenvalue weighted by Gasteiger charge is -2.22. The summed E-state index contributed by atoms with van der Waals surface area (Å²) in [6.45, 7) is 7.18. The molecule has 1 aromatic rings. The number of aliphatic hydroxyl groups is 1. The Morgan fingerprint density at radius 1 is 1.35 bits per heavy atom. The van der Waals surface area contributed by atoms with E-state index in [0.717, 1.165) is 16.5 Å². The van der Waals surface area contributed by atoms with Crippen LogP contribution in [-0.2, 0) is 0 Å². The molecule has 0 amide bonds. The molecule has 0 fully saturated rings. The summed E-state index contributed by atoms with van der Waals surface area (Å²) in [7, 11) is 0. The van der Waals surface area contributed by atoms with Gasteiger partial charge in [-0.3, -0.25) is 0 Å². The molecular formula is C14H22BrNO. The Kier molecular flexibility index (Phi) is 6.17. The number of hydrogen-bond acceptors (Lipinski definition) is 2. The standard InChI is InChI=1S/C14H22BrNO/c1-4-13(10(2)3)16-9-14(17)11-6-5-7-12(15)8-11/h5-8,10,13-14,16-17H,4,9H2,1-3H3. The minimum absolute atomic E-state index is 0.444. The van der Waals surface area contributed by atoms with Crippen molar-refractivity contribution in [1.82, 2.24) is 5.32 Å². The Bertz CT molecular complexity index is 341. The topological polar surface area (TPSA) is 32.3 Å². The van der Waals surface area contributed by atoms with Gasteiger partial charge in [-0.2, -0.15) is 0 Å². The van der Waals surface area contributed by atoms with E-state index >= 15 is 0 Å². The third kappa shape index (κ3) is 4.78. The van der Waals surface area contributed by atoms with Crippen LogP contribution in [0.1, 0.15) is 38.9 Å². The van der Waals surface area contributed by atoms with Crippen LogP contribution < -0.4 is 5.32 Å². The maximum atomic E-state index is 10.1. The van der Waals surface area contributed by atoms with Crippen LogP contribution in [0.5, 0.6) is 0 Å². The predicted molar refractivity (Wildman–Crippen MR) is 76.0 cm³/mol. The molecule has 0 spiro atoms. The Hall–Kier alpha value is -0.380. The maximum Gasteiger partial charge on any atom is 0.0914 e. The number of rotatable bonds is 6. The van der Waals surface area contributed by atoms with Gasteiger partial charge in [-0.15, -0.1) is 0 Å². The average molecular weight is 300 g/mol. The quantitative estimate of drug-likeness (QED) is 0.842. The van der Waals surface area contributed by atoms with E-state index in [1.54, 1.807) is 0 Å². The summed E-state index contributed by atoms with van der Waals surface area (Å²) in [5, 5.41) is 13.5. The molecule has 0 heterocycles.